The fourth-order valence-corrected chi connectivity index (χ4v) is 3.70. The smallest absolute Gasteiger partial charge is 0.242 e. The summed E-state index contributed by atoms with van der Waals surface area (Å²) in [6, 6.07) is 12.2. The summed E-state index contributed by atoms with van der Waals surface area (Å²) in [5.74, 6) is -0.496. The van der Waals surface area contributed by atoms with Crippen LogP contribution >= 0.6 is 0 Å². The maximum absolute atomic E-state index is 13.1. The molecule has 1 atom stereocenters. The number of halogens is 1. The van der Waals surface area contributed by atoms with Crippen LogP contribution in [0, 0.1) is 5.82 Å². The number of carbonyl (C=O) groups is 1. The molecule has 0 saturated carbocycles. The number of sulfonamides is 1. The highest BCUT2D eigenvalue weighted by atomic mass is 32.2. The Balaban J connectivity index is 2.04. The van der Waals surface area contributed by atoms with E-state index in [1.54, 1.807) is 24.3 Å². The van der Waals surface area contributed by atoms with Crippen LogP contribution in [0.1, 0.15) is 22.0 Å². The van der Waals surface area contributed by atoms with Crippen molar-refractivity contribution in [2.45, 2.75) is 10.9 Å². The van der Waals surface area contributed by atoms with Gasteiger partial charge in [-0.15, -0.1) is 0 Å². The average molecular weight is 408 g/mol. The average Bonchev–Trinajstić information content (AvgIpc) is 2.65. The zero-order valence-corrected chi connectivity index (χ0v) is 17.3. The Bertz CT molecular complexity index is 913. The summed E-state index contributed by atoms with van der Waals surface area (Å²) in [4.78, 5) is 14.6. The molecule has 2 aromatic rings. The number of carbonyl (C=O) groups excluding carboxylic acids is 1. The molecule has 0 radical (unpaired) electrons. The molecule has 0 aliphatic heterocycles. The number of ketones is 1. The van der Waals surface area contributed by atoms with Crippen LogP contribution in [0.4, 0.5) is 4.39 Å². The van der Waals surface area contributed by atoms with E-state index >= 15 is 0 Å². The Labute approximate surface area is 166 Å². The third kappa shape index (κ3) is 5.45. The second kappa shape index (κ2) is 9.38. The molecule has 28 heavy (non-hydrogen) atoms. The highest BCUT2D eigenvalue weighted by Gasteiger charge is 2.19. The molecule has 8 heteroatoms. The number of likely N-dealkylation sites (N-methyl/N-ethyl adjacent to an activating group) is 1. The van der Waals surface area contributed by atoms with E-state index in [1.807, 2.05) is 19.0 Å². The first-order valence-electron chi connectivity index (χ1n) is 8.81. The Hall–Kier alpha value is -2.13. The number of benzene rings is 2. The lowest BCUT2D eigenvalue weighted by Crippen LogP contribution is -2.34. The van der Waals surface area contributed by atoms with Gasteiger partial charge in [0.2, 0.25) is 10.0 Å². The normalized spacial score (nSPS) is 13.1. The third-order valence-corrected chi connectivity index (χ3v) is 6.25. The van der Waals surface area contributed by atoms with E-state index < -0.39 is 10.0 Å². The van der Waals surface area contributed by atoms with Gasteiger partial charge in [-0.3, -0.25) is 4.79 Å². The lowest BCUT2D eigenvalue weighted by molar-refractivity contribution is 0.0988. The van der Waals surface area contributed by atoms with Gasteiger partial charge in [0.15, 0.2) is 5.78 Å². The highest BCUT2D eigenvalue weighted by Crippen LogP contribution is 2.18. The molecule has 1 N–H and O–H groups in total. The van der Waals surface area contributed by atoms with Crippen molar-refractivity contribution >= 4 is 15.8 Å². The van der Waals surface area contributed by atoms with Gasteiger partial charge in [-0.25, -0.2) is 17.1 Å². The molecule has 152 valence electrons. The van der Waals surface area contributed by atoms with Crippen molar-refractivity contribution in [2.24, 2.45) is 0 Å². The molecule has 0 saturated heterocycles. The molecule has 0 aromatic heterocycles. The molecular formula is C20H26FN3O3S. The number of hydrogen-bond donors (Lipinski definition) is 1. The van der Waals surface area contributed by atoms with Crippen molar-refractivity contribution in [2.75, 3.05) is 41.3 Å². The number of hydrogen-bond acceptors (Lipinski definition) is 5. The molecule has 0 aliphatic rings. The number of nitrogens with zero attached hydrogens (tertiary/aromatic N) is 2. The van der Waals surface area contributed by atoms with Gasteiger partial charge in [0.05, 0.1) is 11.4 Å². The van der Waals surface area contributed by atoms with Crippen molar-refractivity contribution in [3.8, 4) is 0 Å². The Morgan fingerprint density at radius 3 is 2.29 bits per heavy atom. The second-order valence-corrected chi connectivity index (χ2v) is 9.05. The van der Waals surface area contributed by atoms with E-state index in [-0.39, 0.29) is 29.1 Å². The summed E-state index contributed by atoms with van der Waals surface area (Å²) < 4.78 is 38.7. The summed E-state index contributed by atoms with van der Waals surface area (Å²) in [5, 5.41) is 3.11. The van der Waals surface area contributed by atoms with E-state index in [2.05, 4.69) is 5.32 Å². The van der Waals surface area contributed by atoms with Gasteiger partial charge < -0.3 is 10.2 Å². The predicted molar refractivity (Wildman–Crippen MR) is 107 cm³/mol. The van der Waals surface area contributed by atoms with Gasteiger partial charge >= 0.3 is 0 Å². The molecule has 2 aromatic carbocycles. The van der Waals surface area contributed by atoms with Gasteiger partial charge in [0, 0.05) is 32.2 Å². The van der Waals surface area contributed by atoms with Crippen molar-refractivity contribution < 1.29 is 17.6 Å². The summed E-state index contributed by atoms with van der Waals surface area (Å²) in [6.07, 6.45) is 0. The second-order valence-electron chi connectivity index (χ2n) is 6.90. The van der Waals surface area contributed by atoms with Crippen LogP contribution < -0.4 is 5.32 Å². The first-order valence-corrected chi connectivity index (χ1v) is 10.3. The van der Waals surface area contributed by atoms with Crippen molar-refractivity contribution in [3.63, 3.8) is 0 Å². The summed E-state index contributed by atoms with van der Waals surface area (Å²) in [5.41, 5.74) is 1.27. The standard InChI is InChI=1S/C20H26FN3O3S/c1-23(2)19(15-8-10-17(21)11-9-15)13-22-14-20(25)16-6-5-7-18(12-16)28(26,27)24(3)4/h5-12,19,22H,13-14H2,1-4H3. The summed E-state index contributed by atoms with van der Waals surface area (Å²) >= 11 is 0. The number of rotatable bonds is 9. The Morgan fingerprint density at radius 2 is 1.71 bits per heavy atom. The molecule has 0 bridgehead atoms. The van der Waals surface area contributed by atoms with Crippen molar-refractivity contribution in [1.82, 2.24) is 14.5 Å². The highest BCUT2D eigenvalue weighted by molar-refractivity contribution is 7.89. The fraction of sp³-hybridized carbons (Fsp3) is 0.350. The molecule has 0 spiro atoms. The minimum atomic E-state index is -3.59. The first-order chi connectivity index (χ1) is 13.1. The fourth-order valence-electron chi connectivity index (χ4n) is 2.75. The maximum atomic E-state index is 13.1. The van der Waals surface area contributed by atoms with Crippen LogP contribution in [0.5, 0.6) is 0 Å². The van der Waals surface area contributed by atoms with Gasteiger partial charge in [0.25, 0.3) is 0 Å². The lowest BCUT2D eigenvalue weighted by atomic mass is 10.1. The lowest BCUT2D eigenvalue weighted by Gasteiger charge is -2.25. The van der Waals surface area contributed by atoms with E-state index in [4.69, 9.17) is 0 Å². The Kier molecular flexibility index (Phi) is 7.42. The van der Waals surface area contributed by atoms with Crippen LogP contribution in [0.2, 0.25) is 0 Å². The van der Waals surface area contributed by atoms with Crippen LogP contribution in [0.15, 0.2) is 53.4 Å². The quantitative estimate of drug-likeness (QED) is 0.645. The predicted octanol–water partition coefficient (Wildman–Crippen LogP) is 2.15. The topological polar surface area (TPSA) is 69.7 Å². The van der Waals surface area contributed by atoms with Gasteiger partial charge in [0.1, 0.15) is 5.82 Å². The monoisotopic (exact) mass is 407 g/mol. The maximum Gasteiger partial charge on any atom is 0.242 e. The molecule has 6 nitrogen and oxygen atoms in total. The van der Waals surface area contributed by atoms with Crippen LogP contribution in [0.3, 0.4) is 0 Å². The molecule has 0 fully saturated rings. The zero-order chi connectivity index (χ0) is 20.9. The molecule has 0 aliphatic carbocycles. The number of Topliss-reactive ketones (excluding diaryl/α,β-unsaturated/α-hetero) is 1. The van der Waals surface area contributed by atoms with E-state index in [0.717, 1.165) is 9.87 Å². The van der Waals surface area contributed by atoms with E-state index in [0.29, 0.717) is 12.1 Å². The molecule has 0 amide bonds. The van der Waals surface area contributed by atoms with Crippen LogP contribution in [-0.4, -0.2) is 64.7 Å². The largest absolute Gasteiger partial charge is 0.308 e. The van der Waals surface area contributed by atoms with E-state index in [1.165, 1.54) is 38.4 Å². The number of nitrogens with one attached hydrogen (secondary N) is 1. The van der Waals surface area contributed by atoms with Crippen molar-refractivity contribution in [1.29, 1.82) is 0 Å². The molecular weight excluding hydrogens is 381 g/mol. The van der Waals surface area contributed by atoms with Gasteiger partial charge in [-0.1, -0.05) is 24.3 Å². The third-order valence-electron chi connectivity index (χ3n) is 4.44. The first kappa shape index (κ1) is 22.2. The van der Waals surface area contributed by atoms with Crippen LogP contribution in [-0.2, 0) is 10.0 Å². The summed E-state index contributed by atoms with van der Waals surface area (Å²) in [6.45, 7) is 0.553. The van der Waals surface area contributed by atoms with Crippen LogP contribution in [0.25, 0.3) is 0 Å². The van der Waals surface area contributed by atoms with Gasteiger partial charge in [-0.2, -0.15) is 0 Å². The van der Waals surface area contributed by atoms with Gasteiger partial charge in [-0.05, 0) is 43.9 Å². The minimum Gasteiger partial charge on any atom is -0.308 e. The van der Waals surface area contributed by atoms with Crippen molar-refractivity contribution in [3.05, 3.63) is 65.5 Å². The van der Waals surface area contributed by atoms with E-state index in [9.17, 15) is 17.6 Å². The SMILES string of the molecule is CN(C)C(CNCC(=O)c1cccc(S(=O)(=O)N(C)C)c1)c1ccc(F)cc1. The molecule has 0 heterocycles. The summed E-state index contributed by atoms with van der Waals surface area (Å²) in [7, 11) is 3.12. The molecule has 2 rings (SSSR count). The minimum absolute atomic E-state index is 0.0335. The Morgan fingerprint density at radius 1 is 1.07 bits per heavy atom. The zero-order valence-electron chi connectivity index (χ0n) is 16.5. The molecule has 1 unspecified atom stereocenters.